The van der Waals surface area contributed by atoms with E-state index in [9.17, 15) is 4.79 Å². The molecule has 0 aliphatic carbocycles. The van der Waals surface area contributed by atoms with Crippen LogP contribution in [-0.4, -0.2) is 24.2 Å². The number of aliphatic carboxylic acids is 1. The lowest BCUT2D eigenvalue weighted by atomic mass is 9.72. The third-order valence-corrected chi connectivity index (χ3v) is 4.74. The van der Waals surface area contributed by atoms with Crippen molar-refractivity contribution >= 4 is 27.6 Å². The predicted molar refractivity (Wildman–Crippen MR) is 80.5 cm³/mol. The van der Waals surface area contributed by atoms with Gasteiger partial charge in [-0.1, -0.05) is 26.0 Å². The highest BCUT2D eigenvalue weighted by molar-refractivity contribution is 9.10. The van der Waals surface area contributed by atoms with Crippen LogP contribution in [0, 0.1) is 11.3 Å². The van der Waals surface area contributed by atoms with Crippen molar-refractivity contribution in [3.8, 4) is 0 Å². The molecule has 1 saturated heterocycles. The molecule has 1 aliphatic heterocycles. The first-order valence-corrected chi connectivity index (χ1v) is 7.41. The van der Waals surface area contributed by atoms with Crippen LogP contribution in [0.4, 0.5) is 5.69 Å². The van der Waals surface area contributed by atoms with Gasteiger partial charge in [0.05, 0.1) is 5.69 Å². The Bertz CT molecular complexity index is 473. The molecule has 1 aromatic carbocycles. The Balaban J connectivity index is 2.14. The number of para-hydroxylation sites is 1. The Morgan fingerprint density at radius 3 is 2.74 bits per heavy atom. The van der Waals surface area contributed by atoms with Crippen LogP contribution >= 0.6 is 15.9 Å². The smallest absolute Gasteiger partial charge is 0.303 e. The maximum Gasteiger partial charge on any atom is 0.303 e. The first-order valence-electron chi connectivity index (χ1n) is 6.61. The number of nitrogens with zero attached hydrogens (tertiary/aromatic N) is 1. The zero-order valence-corrected chi connectivity index (χ0v) is 13.0. The predicted octanol–water partition coefficient (Wildman–Crippen LogP) is 3.78. The number of rotatable bonds is 3. The van der Waals surface area contributed by atoms with E-state index in [0.717, 1.165) is 24.0 Å². The van der Waals surface area contributed by atoms with Crippen LogP contribution in [0.5, 0.6) is 0 Å². The van der Waals surface area contributed by atoms with Crippen molar-refractivity contribution in [2.24, 2.45) is 11.3 Å². The fourth-order valence-corrected chi connectivity index (χ4v) is 3.44. The largest absolute Gasteiger partial charge is 0.481 e. The number of carbonyl (C=O) groups is 1. The van der Waals surface area contributed by atoms with Crippen molar-refractivity contribution in [3.05, 3.63) is 28.7 Å². The minimum atomic E-state index is -0.688. The van der Waals surface area contributed by atoms with Gasteiger partial charge in [-0.25, -0.2) is 0 Å². The highest BCUT2D eigenvalue weighted by atomic mass is 79.9. The van der Waals surface area contributed by atoms with Gasteiger partial charge < -0.3 is 10.0 Å². The molecule has 4 heteroatoms. The second kappa shape index (κ2) is 5.53. The van der Waals surface area contributed by atoms with E-state index in [1.807, 2.05) is 18.2 Å². The van der Waals surface area contributed by atoms with Crippen molar-refractivity contribution in [1.82, 2.24) is 0 Å². The zero-order chi connectivity index (χ0) is 14.0. The molecule has 1 aliphatic rings. The summed E-state index contributed by atoms with van der Waals surface area (Å²) >= 11 is 3.59. The van der Waals surface area contributed by atoms with E-state index in [-0.39, 0.29) is 17.8 Å². The summed E-state index contributed by atoms with van der Waals surface area (Å²) in [4.78, 5) is 13.3. The summed E-state index contributed by atoms with van der Waals surface area (Å²) in [5, 5.41) is 9.00. The molecule has 19 heavy (non-hydrogen) atoms. The van der Waals surface area contributed by atoms with Gasteiger partial charge in [0.15, 0.2) is 0 Å². The third-order valence-electron chi connectivity index (χ3n) is 4.07. The van der Waals surface area contributed by atoms with E-state index in [4.69, 9.17) is 5.11 Å². The molecule has 0 saturated carbocycles. The molecule has 1 unspecified atom stereocenters. The summed E-state index contributed by atoms with van der Waals surface area (Å²) in [5.41, 5.74) is 1.22. The van der Waals surface area contributed by atoms with Crippen LogP contribution in [0.1, 0.15) is 26.7 Å². The highest BCUT2D eigenvalue weighted by Crippen LogP contribution is 2.40. The number of anilines is 1. The van der Waals surface area contributed by atoms with Gasteiger partial charge >= 0.3 is 5.97 Å². The summed E-state index contributed by atoms with van der Waals surface area (Å²) in [6.07, 6.45) is 1.21. The van der Waals surface area contributed by atoms with E-state index in [1.165, 1.54) is 5.69 Å². The molecule has 104 valence electrons. The zero-order valence-electron chi connectivity index (χ0n) is 11.4. The average Bonchev–Trinajstić information content (AvgIpc) is 2.31. The molecule has 2 rings (SSSR count). The van der Waals surface area contributed by atoms with Gasteiger partial charge in [-0.05, 0) is 45.8 Å². The number of hydrogen-bond acceptors (Lipinski definition) is 2. The number of hydrogen-bond donors (Lipinski definition) is 1. The van der Waals surface area contributed by atoms with Crippen molar-refractivity contribution in [2.45, 2.75) is 26.7 Å². The van der Waals surface area contributed by atoms with Crippen molar-refractivity contribution < 1.29 is 9.90 Å². The minimum Gasteiger partial charge on any atom is -0.481 e. The van der Waals surface area contributed by atoms with E-state index in [0.29, 0.717) is 0 Å². The Labute approximate surface area is 122 Å². The molecule has 0 bridgehead atoms. The van der Waals surface area contributed by atoms with E-state index >= 15 is 0 Å². The fourth-order valence-electron chi connectivity index (χ4n) is 2.91. The maximum absolute atomic E-state index is 10.9. The summed E-state index contributed by atoms with van der Waals surface area (Å²) in [6.45, 7) is 6.16. The molecule has 3 nitrogen and oxygen atoms in total. The lowest BCUT2D eigenvalue weighted by molar-refractivity contribution is -0.139. The Hall–Kier alpha value is -1.03. The van der Waals surface area contributed by atoms with Gasteiger partial charge in [0.25, 0.3) is 0 Å². The van der Waals surface area contributed by atoms with Gasteiger partial charge in [0.2, 0.25) is 0 Å². The van der Waals surface area contributed by atoms with E-state index in [2.05, 4.69) is 40.7 Å². The highest BCUT2D eigenvalue weighted by Gasteiger charge is 2.37. The standard InChI is InChI=1S/C15H20BrNO2/c1-15(2)10-17(8-7-11(15)9-14(18)19)13-6-4-3-5-12(13)16/h3-6,11H,7-10H2,1-2H3,(H,18,19). The van der Waals surface area contributed by atoms with Crippen LogP contribution in [-0.2, 0) is 4.79 Å². The van der Waals surface area contributed by atoms with Crippen LogP contribution < -0.4 is 4.90 Å². The average molecular weight is 326 g/mol. The molecule has 0 aromatic heterocycles. The van der Waals surface area contributed by atoms with Crippen LogP contribution in [0.15, 0.2) is 28.7 Å². The number of carboxylic acids is 1. The second-order valence-corrected chi connectivity index (χ2v) is 6.80. The van der Waals surface area contributed by atoms with E-state index in [1.54, 1.807) is 0 Å². The lowest BCUT2D eigenvalue weighted by Crippen LogP contribution is -2.46. The molecule has 1 fully saturated rings. The third kappa shape index (κ3) is 3.30. The van der Waals surface area contributed by atoms with Crippen LogP contribution in [0.2, 0.25) is 0 Å². The van der Waals surface area contributed by atoms with Crippen molar-refractivity contribution in [3.63, 3.8) is 0 Å². The van der Waals surface area contributed by atoms with Crippen LogP contribution in [0.25, 0.3) is 0 Å². The topological polar surface area (TPSA) is 40.5 Å². The summed E-state index contributed by atoms with van der Waals surface area (Å²) < 4.78 is 1.10. The molecule has 1 heterocycles. The Morgan fingerprint density at radius 2 is 2.16 bits per heavy atom. The molecule has 1 aromatic rings. The van der Waals surface area contributed by atoms with Gasteiger partial charge in [0.1, 0.15) is 0 Å². The quantitative estimate of drug-likeness (QED) is 0.919. The SMILES string of the molecule is CC1(C)CN(c2ccccc2Br)CCC1CC(=O)O. The Morgan fingerprint density at radius 1 is 1.47 bits per heavy atom. The monoisotopic (exact) mass is 325 g/mol. The molecule has 1 N–H and O–H groups in total. The second-order valence-electron chi connectivity index (χ2n) is 5.95. The van der Waals surface area contributed by atoms with Gasteiger partial charge in [-0.2, -0.15) is 0 Å². The normalized spacial score (nSPS) is 22.3. The number of piperidine rings is 1. The lowest BCUT2D eigenvalue weighted by Gasteiger charge is -2.45. The molecular weight excluding hydrogens is 306 g/mol. The van der Waals surface area contributed by atoms with Gasteiger partial charge in [0, 0.05) is 24.0 Å². The Kier molecular flexibility index (Phi) is 4.19. The summed E-state index contributed by atoms with van der Waals surface area (Å²) in [6, 6.07) is 8.20. The van der Waals surface area contributed by atoms with E-state index < -0.39 is 5.97 Å². The van der Waals surface area contributed by atoms with Crippen molar-refractivity contribution in [1.29, 1.82) is 0 Å². The molecule has 0 spiro atoms. The molecular formula is C15H20BrNO2. The maximum atomic E-state index is 10.9. The minimum absolute atomic E-state index is 0.0198. The fraction of sp³-hybridized carbons (Fsp3) is 0.533. The van der Waals surface area contributed by atoms with Gasteiger partial charge in [-0.3, -0.25) is 4.79 Å². The van der Waals surface area contributed by atoms with Gasteiger partial charge in [-0.15, -0.1) is 0 Å². The summed E-state index contributed by atoms with van der Waals surface area (Å²) in [5.74, 6) is -0.434. The molecule has 0 radical (unpaired) electrons. The first kappa shape index (κ1) is 14.4. The first-order chi connectivity index (χ1) is 8.90. The summed E-state index contributed by atoms with van der Waals surface area (Å²) in [7, 11) is 0. The van der Waals surface area contributed by atoms with Crippen molar-refractivity contribution in [2.75, 3.05) is 18.0 Å². The van der Waals surface area contributed by atoms with Crippen LogP contribution in [0.3, 0.4) is 0 Å². The molecule has 0 amide bonds. The number of halogens is 1. The number of carboxylic acid groups (broad SMARTS) is 1. The number of benzene rings is 1. The molecule has 1 atom stereocenters.